The van der Waals surface area contributed by atoms with Crippen LogP contribution in [0.1, 0.15) is 6.42 Å². The normalized spacial score (nSPS) is 10.1. The van der Waals surface area contributed by atoms with E-state index in [9.17, 15) is 19.7 Å². The molecule has 0 aromatic carbocycles. The summed E-state index contributed by atoms with van der Waals surface area (Å²) in [5.41, 5.74) is 4.65. The van der Waals surface area contributed by atoms with E-state index < -0.39 is 4.92 Å². The van der Waals surface area contributed by atoms with Crippen molar-refractivity contribution in [3.63, 3.8) is 0 Å². The fourth-order valence-corrected chi connectivity index (χ4v) is 1.32. The van der Waals surface area contributed by atoms with Crippen molar-refractivity contribution in [3.05, 3.63) is 38.8 Å². The van der Waals surface area contributed by atoms with E-state index >= 15 is 0 Å². The van der Waals surface area contributed by atoms with Gasteiger partial charge in [0, 0.05) is 38.2 Å². The number of nitrogens with zero attached hydrogens (tertiary/aromatic N) is 2. The molecule has 0 atom stereocenters. The van der Waals surface area contributed by atoms with Crippen LogP contribution in [0.2, 0.25) is 0 Å². The van der Waals surface area contributed by atoms with Crippen molar-refractivity contribution in [3.8, 4) is 0 Å². The van der Waals surface area contributed by atoms with Crippen molar-refractivity contribution in [2.75, 3.05) is 13.1 Å². The predicted molar refractivity (Wildman–Crippen MR) is 64.0 cm³/mol. The van der Waals surface area contributed by atoms with Crippen LogP contribution in [0, 0.1) is 10.1 Å². The molecule has 0 spiro atoms. The summed E-state index contributed by atoms with van der Waals surface area (Å²) in [6, 6.07) is 2.24. The van der Waals surface area contributed by atoms with Crippen LogP contribution in [-0.4, -0.2) is 28.5 Å². The molecule has 1 rings (SSSR count). The Morgan fingerprint density at radius 2 is 2.22 bits per heavy atom. The lowest BCUT2D eigenvalue weighted by molar-refractivity contribution is -0.385. The monoisotopic (exact) mass is 254 g/mol. The first-order valence-corrected chi connectivity index (χ1v) is 5.36. The van der Waals surface area contributed by atoms with Crippen LogP contribution in [-0.2, 0) is 11.3 Å². The molecular weight excluding hydrogens is 240 g/mol. The van der Waals surface area contributed by atoms with E-state index in [4.69, 9.17) is 5.73 Å². The Morgan fingerprint density at radius 3 is 2.83 bits per heavy atom. The Balaban J connectivity index is 2.66. The Bertz CT molecular complexity index is 497. The SMILES string of the molecule is NCCNC(=O)CCn1cc([N+](=O)[O-])ccc1=O. The number of nitro groups is 1. The number of rotatable bonds is 6. The van der Waals surface area contributed by atoms with Crippen LogP contribution >= 0.6 is 0 Å². The molecule has 8 nitrogen and oxygen atoms in total. The van der Waals surface area contributed by atoms with E-state index in [0.29, 0.717) is 13.1 Å². The van der Waals surface area contributed by atoms with Crippen LogP contribution < -0.4 is 16.6 Å². The van der Waals surface area contributed by atoms with E-state index in [1.807, 2.05) is 0 Å². The highest BCUT2D eigenvalue weighted by molar-refractivity contribution is 5.75. The molecule has 0 fully saturated rings. The van der Waals surface area contributed by atoms with Gasteiger partial charge in [-0.05, 0) is 0 Å². The topological polar surface area (TPSA) is 120 Å². The number of aryl methyl sites for hydroxylation is 1. The second kappa shape index (κ2) is 6.50. The lowest BCUT2D eigenvalue weighted by Crippen LogP contribution is -2.30. The quantitative estimate of drug-likeness (QED) is 0.509. The summed E-state index contributed by atoms with van der Waals surface area (Å²) in [5.74, 6) is -0.251. The average molecular weight is 254 g/mol. The van der Waals surface area contributed by atoms with E-state index in [1.165, 1.54) is 0 Å². The van der Waals surface area contributed by atoms with Gasteiger partial charge in [-0.1, -0.05) is 0 Å². The minimum atomic E-state index is -0.593. The Hall–Kier alpha value is -2.22. The minimum Gasteiger partial charge on any atom is -0.355 e. The summed E-state index contributed by atoms with van der Waals surface area (Å²) in [6.45, 7) is 0.794. The van der Waals surface area contributed by atoms with E-state index in [1.54, 1.807) is 0 Å². The Kier molecular flexibility index (Phi) is 5.00. The predicted octanol–water partition coefficient (Wildman–Crippen LogP) is -0.778. The molecule has 18 heavy (non-hydrogen) atoms. The molecule has 1 amide bonds. The third kappa shape index (κ3) is 3.98. The number of hydrogen-bond acceptors (Lipinski definition) is 5. The van der Waals surface area contributed by atoms with Crippen molar-refractivity contribution in [2.24, 2.45) is 5.73 Å². The highest BCUT2D eigenvalue weighted by Crippen LogP contribution is 2.06. The van der Waals surface area contributed by atoms with Crippen molar-refractivity contribution in [1.29, 1.82) is 0 Å². The van der Waals surface area contributed by atoms with Gasteiger partial charge < -0.3 is 15.6 Å². The summed E-state index contributed by atoms with van der Waals surface area (Å²) in [5, 5.41) is 13.1. The van der Waals surface area contributed by atoms with Crippen LogP contribution in [0.3, 0.4) is 0 Å². The molecule has 0 radical (unpaired) electrons. The lowest BCUT2D eigenvalue weighted by atomic mass is 10.3. The van der Waals surface area contributed by atoms with Crippen molar-refractivity contribution in [2.45, 2.75) is 13.0 Å². The summed E-state index contributed by atoms with van der Waals surface area (Å²) in [7, 11) is 0. The molecule has 0 aliphatic heterocycles. The first kappa shape index (κ1) is 13.8. The summed E-state index contributed by atoms with van der Waals surface area (Å²) in [6.07, 6.45) is 1.19. The molecule has 0 aliphatic carbocycles. The van der Waals surface area contributed by atoms with Crippen molar-refractivity contribution < 1.29 is 9.72 Å². The highest BCUT2D eigenvalue weighted by Gasteiger charge is 2.08. The average Bonchev–Trinajstić information content (AvgIpc) is 2.35. The molecule has 0 saturated heterocycles. The Morgan fingerprint density at radius 1 is 1.50 bits per heavy atom. The standard InChI is InChI=1S/C10H14N4O4/c11-4-5-12-9(15)3-6-13-7-8(14(17)18)1-2-10(13)16/h1-2,7H,3-6,11H2,(H,12,15). The number of nitrogens with two attached hydrogens (primary N) is 1. The molecule has 8 heteroatoms. The molecule has 0 unspecified atom stereocenters. The fourth-order valence-electron chi connectivity index (χ4n) is 1.32. The fraction of sp³-hybridized carbons (Fsp3) is 0.400. The van der Waals surface area contributed by atoms with Gasteiger partial charge in [-0.3, -0.25) is 19.7 Å². The van der Waals surface area contributed by atoms with Crippen LogP contribution in [0.4, 0.5) is 5.69 Å². The van der Waals surface area contributed by atoms with Gasteiger partial charge >= 0.3 is 0 Å². The first-order chi connectivity index (χ1) is 8.54. The van der Waals surface area contributed by atoms with E-state index in [2.05, 4.69) is 5.32 Å². The summed E-state index contributed by atoms with van der Waals surface area (Å²) in [4.78, 5) is 32.6. The third-order valence-electron chi connectivity index (χ3n) is 2.22. The van der Waals surface area contributed by atoms with Gasteiger partial charge in [0.05, 0.1) is 11.1 Å². The lowest BCUT2D eigenvalue weighted by Gasteiger charge is -2.05. The molecule has 3 N–H and O–H groups in total. The molecule has 98 valence electrons. The zero-order valence-electron chi connectivity index (χ0n) is 9.67. The van der Waals surface area contributed by atoms with Crippen LogP contribution in [0.5, 0.6) is 0 Å². The van der Waals surface area contributed by atoms with Gasteiger partial charge in [-0.25, -0.2) is 0 Å². The number of nitrogens with one attached hydrogen (secondary N) is 1. The van der Waals surface area contributed by atoms with Gasteiger partial charge in [0.25, 0.3) is 11.2 Å². The van der Waals surface area contributed by atoms with Gasteiger partial charge in [-0.2, -0.15) is 0 Å². The number of carbonyl (C=O) groups excluding carboxylic acids is 1. The van der Waals surface area contributed by atoms with Crippen LogP contribution in [0.15, 0.2) is 23.1 Å². The number of carbonyl (C=O) groups is 1. The zero-order chi connectivity index (χ0) is 13.5. The van der Waals surface area contributed by atoms with E-state index in [-0.39, 0.29) is 30.1 Å². The Labute approximate surface area is 103 Å². The van der Waals surface area contributed by atoms with E-state index in [0.717, 1.165) is 22.9 Å². The maximum Gasteiger partial charge on any atom is 0.285 e. The number of aromatic nitrogens is 1. The third-order valence-corrected chi connectivity index (χ3v) is 2.22. The molecular formula is C10H14N4O4. The van der Waals surface area contributed by atoms with Gasteiger partial charge in [0.15, 0.2) is 0 Å². The summed E-state index contributed by atoms with van der Waals surface area (Å²) < 4.78 is 1.14. The van der Waals surface area contributed by atoms with Crippen LogP contribution in [0.25, 0.3) is 0 Å². The number of amides is 1. The molecule has 0 saturated carbocycles. The highest BCUT2D eigenvalue weighted by atomic mass is 16.6. The number of pyridine rings is 1. The molecule has 1 aromatic heterocycles. The second-order valence-electron chi connectivity index (χ2n) is 3.56. The zero-order valence-corrected chi connectivity index (χ0v) is 9.67. The molecule has 1 aromatic rings. The van der Waals surface area contributed by atoms with Crippen molar-refractivity contribution in [1.82, 2.24) is 9.88 Å². The van der Waals surface area contributed by atoms with Gasteiger partial charge in [0.1, 0.15) is 0 Å². The maximum atomic E-state index is 11.4. The first-order valence-electron chi connectivity index (χ1n) is 5.36. The smallest absolute Gasteiger partial charge is 0.285 e. The molecule has 1 heterocycles. The molecule has 0 bridgehead atoms. The summed E-state index contributed by atoms with van der Waals surface area (Å²) >= 11 is 0. The minimum absolute atomic E-state index is 0.0705. The second-order valence-corrected chi connectivity index (χ2v) is 3.56. The number of hydrogen-bond donors (Lipinski definition) is 2. The van der Waals surface area contributed by atoms with Gasteiger partial charge in [0.2, 0.25) is 5.91 Å². The van der Waals surface area contributed by atoms with Gasteiger partial charge in [-0.15, -0.1) is 0 Å². The molecule has 0 aliphatic rings. The largest absolute Gasteiger partial charge is 0.355 e. The maximum absolute atomic E-state index is 11.4. The van der Waals surface area contributed by atoms with Crippen molar-refractivity contribution >= 4 is 11.6 Å².